The molecule has 4 atom stereocenters. The standard InChI is InChI=1S/C9H16BN3O3/c1-3-4-11-13-12-9(2)7(15)6(5-14)16-8(9)10/h3-4,6-8,14-15H,5H2,1-2H3,(H,11,12)/b4-3-/t6-,7-,8?,9-/m1/s1. The molecule has 1 fully saturated rings. The van der Waals surface area contributed by atoms with Crippen LogP contribution in [0.4, 0.5) is 0 Å². The van der Waals surface area contributed by atoms with Crippen molar-refractivity contribution in [3.8, 4) is 0 Å². The van der Waals surface area contributed by atoms with Crippen LogP contribution < -0.4 is 5.43 Å². The molecule has 88 valence electrons. The predicted molar refractivity (Wildman–Crippen MR) is 58.7 cm³/mol. The van der Waals surface area contributed by atoms with E-state index in [1.54, 1.807) is 19.2 Å². The van der Waals surface area contributed by atoms with E-state index >= 15 is 0 Å². The second-order valence-corrected chi connectivity index (χ2v) is 3.78. The van der Waals surface area contributed by atoms with Crippen LogP contribution in [0.2, 0.25) is 0 Å². The molecular weight excluding hydrogens is 209 g/mol. The van der Waals surface area contributed by atoms with Crippen LogP contribution in [0.25, 0.3) is 0 Å². The van der Waals surface area contributed by atoms with Gasteiger partial charge in [-0.05, 0) is 13.8 Å². The van der Waals surface area contributed by atoms with Crippen molar-refractivity contribution in [3.63, 3.8) is 0 Å². The highest BCUT2D eigenvalue weighted by Crippen LogP contribution is 2.32. The van der Waals surface area contributed by atoms with E-state index in [2.05, 4.69) is 15.8 Å². The minimum atomic E-state index is -1.05. The summed E-state index contributed by atoms with van der Waals surface area (Å²) in [5, 5.41) is 26.4. The molecule has 0 spiro atoms. The maximum atomic E-state index is 9.87. The Morgan fingerprint density at radius 1 is 1.62 bits per heavy atom. The summed E-state index contributed by atoms with van der Waals surface area (Å²) in [7, 11) is 5.69. The van der Waals surface area contributed by atoms with Crippen molar-refractivity contribution in [1.29, 1.82) is 0 Å². The van der Waals surface area contributed by atoms with E-state index in [-0.39, 0.29) is 6.61 Å². The van der Waals surface area contributed by atoms with E-state index in [1.807, 2.05) is 6.92 Å². The highest BCUT2D eigenvalue weighted by molar-refractivity contribution is 6.12. The van der Waals surface area contributed by atoms with Crippen LogP contribution in [0.5, 0.6) is 0 Å². The Bertz CT molecular complexity index is 287. The zero-order chi connectivity index (χ0) is 12.2. The summed E-state index contributed by atoms with van der Waals surface area (Å²) in [6.07, 6.45) is 1.63. The van der Waals surface area contributed by atoms with Gasteiger partial charge in [0, 0.05) is 12.2 Å². The van der Waals surface area contributed by atoms with Gasteiger partial charge in [-0.3, -0.25) is 5.43 Å². The van der Waals surface area contributed by atoms with Crippen molar-refractivity contribution < 1.29 is 14.9 Å². The molecule has 7 heteroatoms. The largest absolute Gasteiger partial charge is 0.394 e. The lowest BCUT2D eigenvalue weighted by atomic mass is 9.79. The fourth-order valence-corrected chi connectivity index (χ4v) is 1.45. The van der Waals surface area contributed by atoms with Crippen LogP contribution in [0, 0.1) is 0 Å². The van der Waals surface area contributed by atoms with E-state index < -0.39 is 23.8 Å². The van der Waals surface area contributed by atoms with Gasteiger partial charge in [-0.1, -0.05) is 11.3 Å². The van der Waals surface area contributed by atoms with E-state index in [9.17, 15) is 5.11 Å². The predicted octanol–water partition coefficient (Wildman–Crippen LogP) is -0.518. The molecule has 2 radical (unpaired) electrons. The molecule has 0 aromatic rings. The molecule has 1 saturated heterocycles. The summed E-state index contributed by atoms with van der Waals surface area (Å²) in [6, 6.07) is -0.796. The number of allylic oxidation sites excluding steroid dienone is 1. The summed E-state index contributed by atoms with van der Waals surface area (Å²) < 4.78 is 5.17. The third kappa shape index (κ3) is 2.42. The highest BCUT2D eigenvalue weighted by Gasteiger charge is 2.51. The molecule has 1 unspecified atom stereocenters. The number of hydrogen-bond donors (Lipinski definition) is 3. The molecule has 3 N–H and O–H groups in total. The molecule has 6 nitrogen and oxygen atoms in total. The van der Waals surface area contributed by atoms with Crippen LogP contribution >= 0.6 is 0 Å². The Hall–Kier alpha value is -0.915. The Kier molecular flexibility index (Phi) is 4.46. The number of nitrogens with zero attached hydrogens (tertiary/aromatic N) is 2. The lowest BCUT2D eigenvalue weighted by molar-refractivity contribution is -0.00547. The Morgan fingerprint density at radius 2 is 2.31 bits per heavy atom. The quantitative estimate of drug-likeness (QED) is 0.341. The lowest BCUT2D eigenvalue weighted by Crippen LogP contribution is -2.44. The second kappa shape index (κ2) is 5.42. The number of hydrogen-bond acceptors (Lipinski definition) is 5. The molecule has 1 rings (SSSR count). The van der Waals surface area contributed by atoms with Gasteiger partial charge in [0.05, 0.1) is 6.61 Å². The molecule has 0 bridgehead atoms. The van der Waals surface area contributed by atoms with Gasteiger partial charge >= 0.3 is 0 Å². The topological polar surface area (TPSA) is 86.4 Å². The van der Waals surface area contributed by atoms with Gasteiger partial charge in [-0.25, -0.2) is 0 Å². The minimum absolute atomic E-state index is 0.303. The van der Waals surface area contributed by atoms with Crippen LogP contribution in [-0.4, -0.2) is 48.4 Å². The summed E-state index contributed by atoms with van der Waals surface area (Å²) in [4.78, 5) is 0. The van der Waals surface area contributed by atoms with E-state index in [0.29, 0.717) is 0 Å². The minimum Gasteiger partial charge on any atom is -0.394 e. The Morgan fingerprint density at radius 3 is 2.81 bits per heavy atom. The normalized spacial score (nSPS) is 39.9. The van der Waals surface area contributed by atoms with E-state index in [0.717, 1.165) is 0 Å². The van der Waals surface area contributed by atoms with Gasteiger partial charge in [-0.2, -0.15) is 5.11 Å². The number of aliphatic hydroxyl groups is 2. The molecule has 0 aromatic carbocycles. The van der Waals surface area contributed by atoms with Crippen molar-refractivity contribution in [2.75, 3.05) is 6.61 Å². The van der Waals surface area contributed by atoms with Crippen LogP contribution in [0.1, 0.15) is 13.8 Å². The number of ether oxygens (including phenoxy) is 1. The Balaban J connectivity index is 2.71. The SMILES string of the molecule is [B]C1O[C@H](CO)[C@@H](O)[C@@]1(C)N=NN/C=C\C. The first-order chi connectivity index (χ1) is 7.56. The monoisotopic (exact) mass is 225 g/mol. The fourth-order valence-electron chi connectivity index (χ4n) is 1.45. The average molecular weight is 225 g/mol. The van der Waals surface area contributed by atoms with Crippen molar-refractivity contribution >= 4 is 7.85 Å². The smallest absolute Gasteiger partial charge is 0.127 e. The van der Waals surface area contributed by atoms with Gasteiger partial charge in [0.25, 0.3) is 0 Å². The second-order valence-electron chi connectivity index (χ2n) is 3.78. The molecule has 1 heterocycles. The molecule has 0 saturated carbocycles. The first-order valence-corrected chi connectivity index (χ1v) is 5.04. The zero-order valence-electron chi connectivity index (χ0n) is 9.37. The molecule has 1 aliphatic rings. The fraction of sp³-hybridized carbons (Fsp3) is 0.778. The molecule has 1 aliphatic heterocycles. The molecule has 0 aliphatic carbocycles. The van der Waals surface area contributed by atoms with Crippen LogP contribution in [0.15, 0.2) is 22.6 Å². The van der Waals surface area contributed by atoms with Crippen LogP contribution in [0.3, 0.4) is 0 Å². The number of aliphatic hydroxyl groups excluding tert-OH is 2. The lowest BCUT2D eigenvalue weighted by Gasteiger charge is -2.24. The summed E-state index contributed by atoms with van der Waals surface area (Å²) in [5.41, 5.74) is 1.50. The van der Waals surface area contributed by atoms with Crippen molar-refractivity contribution in [3.05, 3.63) is 12.3 Å². The number of rotatable bonds is 4. The van der Waals surface area contributed by atoms with Crippen molar-refractivity contribution in [2.24, 2.45) is 10.3 Å². The van der Waals surface area contributed by atoms with E-state index in [1.165, 1.54) is 0 Å². The molecular formula is C9H16BN3O3. The summed E-state index contributed by atoms with van der Waals surface area (Å²) in [6.45, 7) is 3.15. The molecule has 16 heavy (non-hydrogen) atoms. The van der Waals surface area contributed by atoms with Crippen molar-refractivity contribution in [2.45, 2.75) is 37.6 Å². The molecule has 0 amide bonds. The zero-order valence-corrected chi connectivity index (χ0v) is 9.37. The van der Waals surface area contributed by atoms with E-state index in [4.69, 9.17) is 17.7 Å². The first-order valence-electron chi connectivity index (χ1n) is 5.04. The third-order valence-electron chi connectivity index (χ3n) is 2.59. The molecule has 0 aromatic heterocycles. The average Bonchev–Trinajstić information content (AvgIpc) is 2.49. The van der Waals surface area contributed by atoms with Gasteiger partial charge < -0.3 is 14.9 Å². The highest BCUT2D eigenvalue weighted by atomic mass is 16.5. The number of nitrogens with one attached hydrogen (secondary N) is 1. The summed E-state index contributed by atoms with van der Waals surface area (Å²) in [5.74, 6) is 0. The maximum Gasteiger partial charge on any atom is 0.127 e. The van der Waals surface area contributed by atoms with Gasteiger partial charge in [-0.15, -0.1) is 0 Å². The third-order valence-corrected chi connectivity index (χ3v) is 2.59. The maximum absolute atomic E-state index is 9.87. The van der Waals surface area contributed by atoms with Crippen LogP contribution in [-0.2, 0) is 4.74 Å². The Labute approximate surface area is 95.8 Å². The summed E-state index contributed by atoms with van der Waals surface area (Å²) >= 11 is 0. The first kappa shape index (κ1) is 13.2. The van der Waals surface area contributed by atoms with Gasteiger partial charge in [0.1, 0.15) is 25.6 Å². The van der Waals surface area contributed by atoms with Gasteiger partial charge in [0.15, 0.2) is 0 Å². The van der Waals surface area contributed by atoms with Crippen molar-refractivity contribution in [1.82, 2.24) is 5.43 Å². The van der Waals surface area contributed by atoms with Gasteiger partial charge in [0.2, 0.25) is 0 Å².